The maximum Gasteiger partial charge on any atom is 0.0690 e. The Balaban J connectivity index is 2.02. The molecular weight excluding hydrogens is 162 g/mol. The molecule has 1 saturated carbocycles. The van der Waals surface area contributed by atoms with E-state index in [1.54, 1.807) is 0 Å². The quantitative estimate of drug-likeness (QED) is 0.590. The zero-order chi connectivity index (χ0) is 9.57. The van der Waals surface area contributed by atoms with E-state index < -0.39 is 0 Å². The van der Waals surface area contributed by atoms with Crippen LogP contribution in [0.2, 0.25) is 0 Å². The standard InChI is InChI=1S/C11H19NO/c1-2-3-8-13-9-7-11(10-12)5-4-6-11/h2-9H2,1H3. The summed E-state index contributed by atoms with van der Waals surface area (Å²) < 4.78 is 5.46. The first-order valence-corrected chi connectivity index (χ1v) is 5.32. The van der Waals surface area contributed by atoms with Gasteiger partial charge in [0.05, 0.1) is 11.5 Å². The van der Waals surface area contributed by atoms with Crippen molar-refractivity contribution < 1.29 is 4.74 Å². The van der Waals surface area contributed by atoms with E-state index in [-0.39, 0.29) is 5.41 Å². The summed E-state index contributed by atoms with van der Waals surface area (Å²) in [5.74, 6) is 0. The Hall–Kier alpha value is -0.550. The Labute approximate surface area is 80.9 Å². The second-order valence-electron chi connectivity index (χ2n) is 3.96. The molecule has 1 aliphatic carbocycles. The number of unbranched alkanes of at least 4 members (excludes halogenated alkanes) is 1. The first-order chi connectivity index (χ1) is 6.33. The van der Waals surface area contributed by atoms with Gasteiger partial charge in [-0.2, -0.15) is 5.26 Å². The van der Waals surface area contributed by atoms with E-state index in [9.17, 15) is 0 Å². The van der Waals surface area contributed by atoms with Gasteiger partial charge in [0.25, 0.3) is 0 Å². The molecule has 2 heteroatoms. The molecule has 0 aromatic carbocycles. The van der Waals surface area contributed by atoms with Crippen molar-refractivity contribution in [2.45, 2.75) is 45.4 Å². The van der Waals surface area contributed by atoms with Gasteiger partial charge in [0, 0.05) is 13.2 Å². The summed E-state index contributed by atoms with van der Waals surface area (Å²) in [5, 5.41) is 8.93. The smallest absolute Gasteiger partial charge is 0.0690 e. The topological polar surface area (TPSA) is 33.0 Å². The van der Waals surface area contributed by atoms with Crippen LogP contribution >= 0.6 is 0 Å². The van der Waals surface area contributed by atoms with Crippen LogP contribution in [-0.2, 0) is 4.74 Å². The number of nitrogens with zero attached hydrogens (tertiary/aromatic N) is 1. The minimum atomic E-state index is -0.00772. The highest BCUT2D eigenvalue weighted by Gasteiger charge is 2.36. The monoisotopic (exact) mass is 181 g/mol. The van der Waals surface area contributed by atoms with Crippen molar-refractivity contribution in [3.8, 4) is 6.07 Å². The molecule has 0 heterocycles. The molecule has 0 bridgehead atoms. The molecule has 2 nitrogen and oxygen atoms in total. The highest BCUT2D eigenvalue weighted by molar-refractivity contribution is 5.04. The van der Waals surface area contributed by atoms with Crippen LogP contribution in [0.5, 0.6) is 0 Å². The van der Waals surface area contributed by atoms with Crippen molar-refractivity contribution in [1.82, 2.24) is 0 Å². The van der Waals surface area contributed by atoms with Crippen molar-refractivity contribution in [2.75, 3.05) is 13.2 Å². The van der Waals surface area contributed by atoms with Gasteiger partial charge >= 0.3 is 0 Å². The average Bonchev–Trinajstić information content (AvgIpc) is 2.09. The Kier molecular flexibility index (Phi) is 4.24. The third kappa shape index (κ3) is 3.00. The van der Waals surface area contributed by atoms with Crippen LogP contribution in [0, 0.1) is 16.7 Å². The van der Waals surface area contributed by atoms with Crippen LogP contribution in [0.25, 0.3) is 0 Å². The van der Waals surface area contributed by atoms with Gasteiger partial charge in [-0.1, -0.05) is 19.8 Å². The molecule has 74 valence electrons. The van der Waals surface area contributed by atoms with Crippen molar-refractivity contribution in [2.24, 2.45) is 5.41 Å². The van der Waals surface area contributed by atoms with E-state index in [0.717, 1.165) is 38.9 Å². The minimum absolute atomic E-state index is 0.00772. The Morgan fingerprint density at radius 2 is 2.15 bits per heavy atom. The highest BCUT2D eigenvalue weighted by atomic mass is 16.5. The molecule has 13 heavy (non-hydrogen) atoms. The van der Waals surface area contributed by atoms with Gasteiger partial charge in [0.15, 0.2) is 0 Å². The molecule has 0 spiro atoms. The predicted octanol–water partition coefficient (Wildman–Crippen LogP) is 2.89. The zero-order valence-electron chi connectivity index (χ0n) is 8.51. The van der Waals surface area contributed by atoms with Gasteiger partial charge in [0.2, 0.25) is 0 Å². The van der Waals surface area contributed by atoms with Gasteiger partial charge in [-0.25, -0.2) is 0 Å². The molecular formula is C11H19NO. The molecule has 0 amide bonds. The molecule has 0 unspecified atom stereocenters. The Morgan fingerprint density at radius 1 is 1.38 bits per heavy atom. The lowest BCUT2D eigenvalue weighted by molar-refractivity contribution is 0.0806. The third-order valence-electron chi connectivity index (χ3n) is 2.92. The lowest BCUT2D eigenvalue weighted by atomic mass is 9.68. The Morgan fingerprint density at radius 3 is 2.62 bits per heavy atom. The number of hydrogen-bond acceptors (Lipinski definition) is 2. The summed E-state index contributed by atoms with van der Waals surface area (Å²) in [5.41, 5.74) is -0.00772. The van der Waals surface area contributed by atoms with Crippen LogP contribution in [0.15, 0.2) is 0 Å². The van der Waals surface area contributed by atoms with Gasteiger partial charge in [-0.15, -0.1) is 0 Å². The third-order valence-corrected chi connectivity index (χ3v) is 2.92. The summed E-state index contributed by atoms with van der Waals surface area (Å²) in [4.78, 5) is 0. The largest absolute Gasteiger partial charge is 0.381 e. The van der Waals surface area contributed by atoms with E-state index >= 15 is 0 Å². The van der Waals surface area contributed by atoms with Crippen LogP contribution in [0.3, 0.4) is 0 Å². The highest BCUT2D eigenvalue weighted by Crippen LogP contribution is 2.43. The van der Waals surface area contributed by atoms with Crippen molar-refractivity contribution >= 4 is 0 Å². The maximum atomic E-state index is 8.93. The summed E-state index contributed by atoms with van der Waals surface area (Å²) in [6, 6.07) is 2.43. The predicted molar refractivity (Wildman–Crippen MR) is 52.2 cm³/mol. The van der Waals surface area contributed by atoms with E-state index in [0.29, 0.717) is 0 Å². The molecule has 0 atom stereocenters. The normalized spacial score (nSPS) is 19.1. The fourth-order valence-electron chi connectivity index (χ4n) is 1.64. The van der Waals surface area contributed by atoms with Gasteiger partial charge in [-0.3, -0.25) is 0 Å². The molecule has 0 saturated heterocycles. The van der Waals surface area contributed by atoms with Crippen molar-refractivity contribution in [3.05, 3.63) is 0 Å². The molecule has 1 rings (SSSR count). The van der Waals surface area contributed by atoms with Gasteiger partial charge in [-0.05, 0) is 25.7 Å². The van der Waals surface area contributed by atoms with E-state index in [2.05, 4.69) is 13.0 Å². The molecule has 0 radical (unpaired) electrons. The minimum Gasteiger partial charge on any atom is -0.381 e. The van der Waals surface area contributed by atoms with Crippen LogP contribution < -0.4 is 0 Å². The van der Waals surface area contributed by atoms with Crippen LogP contribution in [0.4, 0.5) is 0 Å². The average molecular weight is 181 g/mol. The van der Waals surface area contributed by atoms with E-state index in [1.165, 1.54) is 12.8 Å². The summed E-state index contributed by atoms with van der Waals surface area (Å²) in [6.45, 7) is 3.79. The van der Waals surface area contributed by atoms with E-state index in [4.69, 9.17) is 10.00 Å². The first kappa shape index (κ1) is 10.5. The SMILES string of the molecule is CCCCOCCC1(C#N)CCC1. The second kappa shape index (κ2) is 5.24. The van der Waals surface area contributed by atoms with Gasteiger partial charge in [0.1, 0.15) is 0 Å². The fourth-order valence-corrected chi connectivity index (χ4v) is 1.64. The second-order valence-corrected chi connectivity index (χ2v) is 3.96. The number of rotatable bonds is 6. The van der Waals surface area contributed by atoms with Gasteiger partial charge < -0.3 is 4.74 Å². The molecule has 1 aliphatic rings. The van der Waals surface area contributed by atoms with Crippen LogP contribution in [-0.4, -0.2) is 13.2 Å². The molecule has 0 aliphatic heterocycles. The maximum absolute atomic E-state index is 8.93. The van der Waals surface area contributed by atoms with Crippen molar-refractivity contribution in [1.29, 1.82) is 5.26 Å². The van der Waals surface area contributed by atoms with Crippen LogP contribution in [0.1, 0.15) is 45.4 Å². The summed E-state index contributed by atoms with van der Waals surface area (Å²) in [7, 11) is 0. The molecule has 1 fully saturated rings. The number of ether oxygens (including phenoxy) is 1. The summed E-state index contributed by atoms with van der Waals surface area (Å²) in [6.07, 6.45) is 6.65. The molecule has 0 aromatic heterocycles. The van der Waals surface area contributed by atoms with E-state index in [1.807, 2.05) is 0 Å². The first-order valence-electron chi connectivity index (χ1n) is 5.32. The number of nitriles is 1. The zero-order valence-corrected chi connectivity index (χ0v) is 8.51. The fraction of sp³-hybridized carbons (Fsp3) is 0.909. The Bertz CT molecular complexity index is 179. The molecule has 0 aromatic rings. The lowest BCUT2D eigenvalue weighted by Gasteiger charge is -2.34. The summed E-state index contributed by atoms with van der Waals surface area (Å²) >= 11 is 0. The van der Waals surface area contributed by atoms with Crippen molar-refractivity contribution in [3.63, 3.8) is 0 Å². The lowest BCUT2D eigenvalue weighted by Crippen LogP contribution is -2.28. The molecule has 0 N–H and O–H groups in total. The number of hydrogen-bond donors (Lipinski definition) is 0.